The third-order valence-corrected chi connectivity index (χ3v) is 3.61. The maximum atomic E-state index is 2.38. The topological polar surface area (TPSA) is 0 Å². The lowest BCUT2D eigenvalue weighted by Crippen LogP contribution is -2.11. The first-order chi connectivity index (χ1) is 7.93. The standard InChI is InChI=1S/C17H22/c1-6-7-13-10-14-11-15(17(3,4)5)8-9-16(14)12(13)2/h6-9,11H,10H2,1-5H3/b7-6-. The van der Waals surface area contributed by atoms with Gasteiger partial charge in [-0.15, -0.1) is 0 Å². The Morgan fingerprint density at radius 2 is 1.88 bits per heavy atom. The predicted octanol–water partition coefficient (Wildman–Crippen LogP) is 4.89. The van der Waals surface area contributed by atoms with E-state index in [0.717, 1.165) is 6.42 Å². The second-order valence-electron chi connectivity index (χ2n) is 5.95. The number of benzene rings is 1. The molecule has 0 bridgehead atoms. The van der Waals surface area contributed by atoms with Crippen molar-refractivity contribution >= 4 is 5.57 Å². The summed E-state index contributed by atoms with van der Waals surface area (Å²) in [4.78, 5) is 0. The van der Waals surface area contributed by atoms with Gasteiger partial charge in [-0.1, -0.05) is 51.1 Å². The van der Waals surface area contributed by atoms with Crippen LogP contribution in [0.5, 0.6) is 0 Å². The van der Waals surface area contributed by atoms with Crippen molar-refractivity contribution in [2.24, 2.45) is 0 Å². The number of hydrogen-bond donors (Lipinski definition) is 0. The average molecular weight is 226 g/mol. The van der Waals surface area contributed by atoms with Crippen LogP contribution < -0.4 is 0 Å². The summed E-state index contributed by atoms with van der Waals surface area (Å²) in [6.07, 6.45) is 5.47. The van der Waals surface area contributed by atoms with Crippen LogP contribution in [0.1, 0.15) is 51.3 Å². The molecule has 0 nitrogen and oxygen atoms in total. The fourth-order valence-corrected chi connectivity index (χ4v) is 2.47. The van der Waals surface area contributed by atoms with Gasteiger partial charge in [0.1, 0.15) is 0 Å². The summed E-state index contributed by atoms with van der Waals surface area (Å²) >= 11 is 0. The Morgan fingerprint density at radius 3 is 2.47 bits per heavy atom. The molecule has 0 aliphatic heterocycles. The molecule has 0 saturated heterocycles. The molecule has 1 aliphatic carbocycles. The summed E-state index contributed by atoms with van der Waals surface area (Å²) < 4.78 is 0. The van der Waals surface area contributed by atoms with Crippen molar-refractivity contribution in [3.8, 4) is 0 Å². The third-order valence-electron chi connectivity index (χ3n) is 3.61. The third kappa shape index (κ3) is 2.22. The second-order valence-corrected chi connectivity index (χ2v) is 5.95. The maximum Gasteiger partial charge on any atom is -0.00169 e. The van der Waals surface area contributed by atoms with E-state index in [4.69, 9.17) is 0 Å². The molecular formula is C17H22. The van der Waals surface area contributed by atoms with Gasteiger partial charge in [0.15, 0.2) is 0 Å². The zero-order valence-corrected chi connectivity index (χ0v) is 11.6. The van der Waals surface area contributed by atoms with E-state index < -0.39 is 0 Å². The van der Waals surface area contributed by atoms with Gasteiger partial charge in [-0.05, 0) is 53.5 Å². The van der Waals surface area contributed by atoms with Crippen LogP contribution in [-0.2, 0) is 11.8 Å². The van der Waals surface area contributed by atoms with E-state index in [1.165, 1.54) is 27.8 Å². The monoisotopic (exact) mass is 226 g/mol. The molecular weight excluding hydrogens is 204 g/mol. The van der Waals surface area contributed by atoms with Crippen molar-refractivity contribution in [1.82, 2.24) is 0 Å². The van der Waals surface area contributed by atoms with E-state index in [1.54, 1.807) is 0 Å². The summed E-state index contributed by atoms with van der Waals surface area (Å²) in [5.41, 5.74) is 7.51. The van der Waals surface area contributed by atoms with Crippen molar-refractivity contribution in [3.05, 3.63) is 52.6 Å². The molecule has 0 amide bonds. The lowest BCUT2D eigenvalue weighted by atomic mass is 9.85. The summed E-state index contributed by atoms with van der Waals surface area (Å²) in [7, 11) is 0. The van der Waals surface area contributed by atoms with Gasteiger partial charge in [-0.25, -0.2) is 0 Å². The Morgan fingerprint density at radius 1 is 1.18 bits per heavy atom. The minimum absolute atomic E-state index is 0.242. The minimum atomic E-state index is 0.242. The highest BCUT2D eigenvalue weighted by Crippen LogP contribution is 2.35. The van der Waals surface area contributed by atoms with Gasteiger partial charge in [0.2, 0.25) is 0 Å². The summed E-state index contributed by atoms with van der Waals surface area (Å²) in [5.74, 6) is 0. The van der Waals surface area contributed by atoms with Crippen LogP contribution in [0.25, 0.3) is 5.57 Å². The van der Waals surface area contributed by atoms with Crippen molar-refractivity contribution in [2.75, 3.05) is 0 Å². The van der Waals surface area contributed by atoms with E-state index in [1.807, 2.05) is 0 Å². The first-order valence-electron chi connectivity index (χ1n) is 6.39. The molecule has 1 aromatic carbocycles. The Balaban J connectivity index is 2.43. The highest BCUT2D eigenvalue weighted by atomic mass is 14.2. The first kappa shape index (κ1) is 12.2. The van der Waals surface area contributed by atoms with Gasteiger partial charge in [0.05, 0.1) is 0 Å². The van der Waals surface area contributed by atoms with Crippen LogP contribution in [0.2, 0.25) is 0 Å². The molecule has 2 rings (SSSR count). The molecule has 0 fully saturated rings. The van der Waals surface area contributed by atoms with Crippen molar-refractivity contribution in [3.63, 3.8) is 0 Å². The number of hydrogen-bond acceptors (Lipinski definition) is 0. The zero-order chi connectivity index (χ0) is 12.6. The second kappa shape index (κ2) is 4.18. The molecule has 90 valence electrons. The fourth-order valence-electron chi connectivity index (χ4n) is 2.47. The molecule has 0 unspecified atom stereocenters. The van der Waals surface area contributed by atoms with Crippen molar-refractivity contribution < 1.29 is 0 Å². The smallest absolute Gasteiger partial charge is 0.00169 e. The average Bonchev–Trinajstić information content (AvgIpc) is 2.55. The number of rotatable bonds is 1. The molecule has 1 aromatic rings. The van der Waals surface area contributed by atoms with Crippen LogP contribution >= 0.6 is 0 Å². The molecule has 1 aliphatic rings. The highest BCUT2D eigenvalue weighted by molar-refractivity contribution is 5.77. The van der Waals surface area contributed by atoms with Crippen molar-refractivity contribution in [2.45, 2.75) is 46.5 Å². The van der Waals surface area contributed by atoms with Gasteiger partial charge >= 0.3 is 0 Å². The first-order valence-corrected chi connectivity index (χ1v) is 6.39. The van der Waals surface area contributed by atoms with Crippen molar-refractivity contribution in [1.29, 1.82) is 0 Å². The SMILES string of the molecule is C/C=C\C1=C(C)c2ccc(C(C)(C)C)cc2C1. The number of fused-ring (bicyclic) bond motifs is 1. The Bertz CT molecular complexity index is 493. The zero-order valence-electron chi connectivity index (χ0n) is 11.6. The van der Waals surface area contributed by atoms with E-state index in [2.05, 4.69) is 65.0 Å². The Labute approximate surface area is 105 Å². The Kier molecular flexibility index (Phi) is 2.99. The normalized spacial score (nSPS) is 15.8. The molecule has 0 heterocycles. The molecule has 0 radical (unpaired) electrons. The lowest BCUT2D eigenvalue weighted by Gasteiger charge is -2.20. The van der Waals surface area contributed by atoms with E-state index in [9.17, 15) is 0 Å². The maximum absolute atomic E-state index is 2.38. The van der Waals surface area contributed by atoms with E-state index in [0.29, 0.717) is 0 Å². The Hall–Kier alpha value is -1.30. The summed E-state index contributed by atoms with van der Waals surface area (Å²) in [6.45, 7) is 11.1. The highest BCUT2D eigenvalue weighted by Gasteiger charge is 2.20. The molecule has 0 aromatic heterocycles. The van der Waals surface area contributed by atoms with Gasteiger partial charge in [0.25, 0.3) is 0 Å². The van der Waals surface area contributed by atoms with E-state index in [-0.39, 0.29) is 5.41 Å². The molecule has 0 saturated carbocycles. The molecule has 0 atom stereocenters. The van der Waals surface area contributed by atoms with Gasteiger partial charge in [0, 0.05) is 0 Å². The predicted molar refractivity (Wildman–Crippen MR) is 76.3 cm³/mol. The van der Waals surface area contributed by atoms with E-state index >= 15 is 0 Å². The summed E-state index contributed by atoms with van der Waals surface area (Å²) in [6, 6.07) is 6.96. The number of allylic oxidation sites excluding steroid dienone is 4. The molecule has 0 N–H and O–H groups in total. The van der Waals surface area contributed by atoms with Crippen LogP contribution in [0.15, 0.2) is 35.9 Å². The molecule has 17 heavy (non-hydrogen) atoms. The van der Waals surface area contributed by atoms with Gasteiger partial charge in [-0.2, -0.15) is 0 Å². The van der Waals surface area contributed by atoms with Crippen LogP contribution in [0, 0.1) is 0 Å². The van der Waals surface area contributed by atoms with Crippen LogP contribution in [0.4, 0.5) is 0 Å². The van der Waals surface area contributed by atoms with Crippen LogP contribution in [0.3, 0.4) is 0 Å². The summed E-state index contributed by atoms with van der Waals surface area (Å²) in [5, 5.41) is 0. The largest absolute Gasteiger partial charge is 0.0874 e. The lowest BCUT2D eigenvalue weighted by molar-refractivity contribution is 0.589. The fraction of sp³-hybridized carbons (Fsp3) is 0.412. The quantitative estimate of drug-likeness (QED) is 0.639. The van der Waals surface area contributed by atoms with Crippen LogP contribution in [-0.4, -0.2) is 0 Å². The molecule has 0 spiro atoms. The van der Waals surface area contributed by atoms with Gasteiger partial charge < -0.3 is 0 Å². The van der Waals surface area contributed by atoms with Gasteiger partial charge in [-0.3, -0.25) is 0 Å². The molecule has 0 heteroatoms. The minimum Gasteiger partial charge on any atom is -0.0874 e.